The number of anilines is 3. The van der Waals surface area contributed by atoms with Gasteiger partial charge in [0.25, 0.3) is 0 Å². The minimum absolute atomic E-state index is 0.382. The molecule has 0 aromatic heterocycles. The Morgan fingerprint density at radius 2 is 1.09 bits per heavy atom. The van der Waals surface area contributed by atoms with Crippen LogP contribution in [0.4, 0.5) is 17.1 Å². The highest BCUT2D eigenvalue weighted by Crippen LogP contribution is 2.37. The predicted octanol–water partition coefficient (Wildman–Crippen LogP) is 9.19. The average Bonchev–Trinajstić information content (AvgIpc) is 3.05. The molecule has 0 aliphatic rings. The number of para-hydroxylation sites is 1. The maximum Gasteiger partial charge on any atom is 0.310 e. The van der Waals surface area contributed by atoms with Gasteiger partial charge in [0.1, 0.15) is 0 Å². The normalized spacial score (nSPS) is 11.8. The summed E-state index contributed by atoms with van der Waals surface area (Å²) in [5, 5.41) is 13.2. The average molecular weight is 576 g/mol. The third-order valence-corrected chi connectivity index (χ3v) is 8.72. The molecule has 0 aliphatic carbocycles. The molecule has 6 rings (SSSR count). The second kappa shape index (κ2) is 12.2. The van der Waals surface area contributed by atoms with Crippen LogP contribution < -0.4 is 10.4 Å². The lowest BCUT2D eigenvalue weighted by Gasteiger charge is -2.37. The minimum atomic E-state index is -0.983. The van der Waals surface area contributed by atoms with Gasteiger partial charge in [-0.05, 0) is 109 Å². The van der Waals surface area contributed by atoms with Crippen molar-refractivity contribution in [1.29, 1.82) is 0 Å². The zero-order chi connectivity index (χ0) is 30.7. The maximum absolute atomic E-state index is 10.7. The largest absolute Gasteiger partial charge is 0.427 e. The van der Waals surface area contributed by atoms with Crippen LogP contribution in [0.1, 0.15) is 27.7 Å². The van der Waals surface area contributed by atoms with E-state index in [2.05, 4.69) is 138 Å². The number of hydrogen-bond acceptors (Lipinski definition) is 3. The predicted molar refractivity (Wildman–Crippen MR) is 188 cm³/mol. The summed E-state index contributed by atoms with van der Waals surface area (Å²) in [5.41, 5.74) is 7.17. The Morgan fingerprint density at radius 1 is 0.523 bits per heavy atom. The second-order valence-corrected chi connectivity index (χ2v) is 12.3. The molecule has 44 heavy (non-hydrogen) atoms. The standard InChI is InChI=1S/C40H38BNO2/c1-39(2,43)40(3,4)44-41-38-26-25-36(28-37(38)31-14-7-5-8-15-31)42(34-17-9-6-10-18-34)35-23-21-30(22-24-35)33-20-19-29-13-11-12-16-32(29)27-33/h5-28,41,43H,1-4H3. The number of fused-ring (bicyclic) bond motifs is 1. The highest BCUT2D eigenvalue weighted by atomic mass is 16.5. The molecular weight excluding hydrogens is 537 g/mol. The van der Waals surface area contributed by atoms with E-state index in [1.807, 2.05) is 26.0 Å². The molecule has 4 heteroatoms. The Hall–Kier alpha value is -4.64. The lowest BCUT2D eigenvalue weighted by Crippen LogP contribution is -2.49. The molecule has 0 atom stereocenters. The summed E-state index contributed by atoms with van der Waals surface area (Å²) >= 11 is 0. The molecule has 0 bridgehead atoms. The van der Waals surface area contributed by atoms with E-state index in [4.69, 9.17) is 4.65 Å². The summed E-state index contributed by atoms with van der Waals surface area (Å²) in [6, 6.07) is 51.4. The van der Waals surface area contributed by atoms with E-state index in [1.54, 1.807) is 13.8 Å². The minimum Gasteiger partial charge on any atom is -0.427 e. The molecule has 6 aromatic rings. The lowest BCUT2D eigenvalue weighted by atomic mass is 9.78. The zero-order valence-corrected chi connectivity index (χ0v) is 25.9. The Kier molecular flexibility index (Phi) is 8.14. The molecule has 218 valence electrons. The molecule has 0 amide bonds. The lowest BCUT2D eigenvalue weighted by molar-refractivity contribution is -0.0893. The van der Waals surface area contributed by atoms with Gasteiger partial charge >= 0.3 is 7.48 Å². The Labute approximate surface area is 261 Å². The van der Waals surface area contributed by atoms with Crippen LogP contribution >= 0.6 is 0 Å². The van der Waals surface area contributed by atoms with Crippen molar-refractivity contribution in [2.75, 3.05) is 4.90 Å². The molecule has 0 spiro atoms. The van der Waals surface area contributed by atoms with Crippen LogP contribution in [0.25, 0.3) is 33.0 Å². The number of hydrogen-bond donors (Lipinski definition) is 1. The molecule has 0 fully saturated rings. The van der Waals surface area contributed by atoms with Crippen LogP contribution in [0, 0.1) is 0 Å². The molecule has 0 heterocycles. The van der Waals surface area contributed by atoms with Crippen molar-refractivity contribution in [3.8, 4) is 22.3 Å². The van der Waals surface area contributed by atoms with E-state index in [9.17, 15) is 5.11 Å². The van der Waals surface area contributed by atoms with Crippen LogP contribution in [0.15, 0.2) is 146 Å². The molecular formula is C40H38BNO2. The summed E-state index contributed by atoms with van der Waals surface area (Å²) in [5.74, 6) is 0. The van der Waals surface area contributed by atoms with Crippen molar-refractivity contribution in [3.05, 3.63) is 146 Å². The van der Waals surface area contributed by atoms with E-state index in [-0.39, 0.29) is 0 Å². The first-order valence-corrected chi connectivity index (χ1v) is 15.2. The number of rotatable bonds is 9. The number of nitrogens with zero attached hydrogens (tertiary/aromatic N) is 1. The summed E-state index contributed by atoms with van der Waals surface area (Å²) in [4.78, 5) is 2.29. The third-order valence-electron chi connectivity index (χ3n) is 8.72. The van der Waals surface area contributed by atoms with Crippen LogP contribution in [0.5, 0.6) is 0 Å². The van der Waals surface area contributed by atoms with Crippen molar-refractivity contribution in [1.82, 2.24) is 0 Å². The van der Waals surface area contributed by atoms with E-state index < -0.39 is 11.2 Å². The number of aliphatic hydroxyl groups is 1. The summed E-state index contributed by atoms with van der Waals surface area (Å²) in [7, 11) is 0.382. The van der Waals surface area contributed by atoms with Gasteiger partial charge in [0.15, 0.2) is 0 Å². The van der Waals surface area contributed by atoms with Gasteiger partial charge in [0.05, 0.1) is 11.2 Å². The first-order chi connectivity index (χ1) is 21.2. The SMILES string of the molecule is CC(C)(O)C(C)(C)OBc1ccc(N(c2ccccc2)c2ccc(-c3ccc4ccccc4c3)cc2)cc1-c1ccccc1. The van der Waals surface area contributed by atoms with Gasteiger partial charge in [0, 0.05) is 17.1 Å². The Balaban J connectivity index is 1.40. The molecule has 3 nitrogen and oxygen atoms in total. The molecule has 1 N–H and O–H groups in total. The van der Waals surface area contributed by atoms with E-state index in [0.717, 1.165) is 33.7 Å². The highest BCUT2D eigenvalue weighted by molar-refractivity contribution is 6.49. The van der Waals surface area contributed by atoms with Gasteiger partial charge in [-0.2, -0.15) is 0 Å². The molecule has 0 saturated carbocycles. The maximum atomic E-state index is 10.7. The van der Waals surface area contributed by atoms with E-state index in [1.165, 1.54) is 21.9 Å². The topological polar surface area (TPSA) is 32.7 Å². The van der Waals surface area contributed by atoms with Gasteiger partial charge in [-0.25, -0.2) is 0 Å². The van der Waals surface area contributed by atoms with Crippen LogP contribution in [-0.2, 0) is 4.65 Å². The van der Waals surface area contributed by atoms with Crippen LogP contribution in [-0.4, -0.2) is 23.8 Å². The fraction of sp³-hybridized carbons (Fsp3) is 0.150. The monoisotopic (exact) mass is 575 g/mol. The van der Waals surface area contributed by atoms with Gasteiger partial charge in [-0.1, -0.05) is 103 Å². The van der Waals surface area contributed by atoms with Gasteiger partial charge in [-0.3, -0.25) is 0 Å². The summed E-state index contributed by atoms with van der Waals surface area (Å²) in [6.45, 7) is 7.44. The summed E-state index contributed by atoms with van der Waals surface area (Å²) < 4.78 is 6.33. The molecule has 0 aliphatic heterocycles. The van der Waals surface area contributed by atoms with Crippen LogP contribution in [0.2, 0.25) is 0 Å². The quantitative estimate of drug-likeness (QED) is 0.175. The fourth-order valence-electron chi connectivity index (χ4n) is 5.35. The van der Waals surface area contributed by atoms with E-state index >= 15 is 0 Å². The second-order valence-electron chi connectivity index (χ2n) is 12.3. The molecule has 0 unspecified atom stereocenters. The van der Waals surface area contributed by atoms with Crippen molar-refractivity contribution >= 4 is 40.8 Å². The van der Waals surface area contributed by atoms with Crippen LogP contribution in [0.3, 0.4) is 0 Å². The highest BCUT2D eigenvalue weighted by Gasteiger charge is 2.36. The van der Waals surface area contributed by atoms with Crippen molar-refractivity contribution in [3.63, 3.8) is 0 Å². The van der Waals surface area contributed by atoms with Crippen molar-refractivity contribution in [2.24, 2.45) is 0 Å². The van der Waals surface area contributed by atoms with E-state index in [0.29, 0.717) is 7.48 Å². The van der Waals surface area contributed by atoms with Gasteiger partial charge in [-0.15, -0.1) is 0 Å². The zero-order valence-electron chi connectivity index (χ0n) is 25.9. The Bertz CT molecular complexity index is 1860. The fourth-order valence-corrected chi connectivity index (χ4v) is 5.35. The summed E-state index contributed by atoms with van der Waals surface area (Å²) in [6.07, 6.45) is 0. The van der Waals surface area contributed by atoms with Crippen molar-refractivity contribution < 1.29 is 9.76 Å². The molecule has 0 radical (unpaired) electrons. The van der Waals surface area contributed by atoms with Crippen molar-refractivity contribution in [2.45, 2.75) is 38.9 Å². The first-order valence-electron chi connectivity index (χ1n) is 15.2. The molecule has 6 aromatic carbocycles. The Morgan fingerprint density at radius 3 is 1.77 bits per heavy atom. The number of benzene rings is 6. The van der Waals surface area contributed by atoms with Gasteiger partial charge in [0.2, 0.25) is 0 Å². The molecule has 0 saturated heterocycles. The first kappa shape index (κ1) is 29.4. The smallest absolute Gasteiger partial charge is 0.310 e. The third kappa shape index (κ3) is 6.19. The van der Waals surface area contributed by atoms with Gasteiger partial charge < -0.3 is 14.7 Å².